The van der Waals surface area contributed by atoms with Crippen LogP contribution in [0.1, 0.15) is 27.2 Å². The third-order valence-electron chi connectivity index (χ3n) is 3.70. The Morgan fingerprint density at radius 1 is 1.25 bits per heavy atom. The molecule has 4 nitrogen and oxygen atoms in total. The highest BCUT2D eigenvalue weighted by molar-refractivity contribution is 7.92. The normalized spacial score (nSPS) is 27.7. The lowest BCUT2D eigenvalue weighted by Crippen LogP contribution is -2.39. The number of aliphatic hydroxyl groups is 1. The summed E-state index contributed by atoms with van der Waals surface area (Å²) in [4.78, 5) is 0.321. The topological polar surface area (TPSA) is 63.6 Å². The molecule has 0 bridgehead atoms. The van der Waals surface area contributed by atoms with Gasteiger partial charge < -0.3 is 9.84 Å². The van der Waals surface area contributed by atoms with Gasteiger partial charge in [-0.05, 0) is 24.0 Å². The summed E-state index contributed by atoms with van der Waals surface area (Å²) in [6.45, 7) is 5.74. The predicted octanol–water partition coefficient (Wildman–Crippen LogP) is 2.02. The minimum atomic E-state index is -3.45. The van der Waals surface area contributed by atoms with E-state index in [1.54, 1.807) is 30.3 Å². The minimum Gasteiger partial charge on any atom is -0.394 e. The summed E-state index contributed by atoms with van der Waals surface area (Å²) in [6.07, 6.45) is -0.470. The fourth-order valence-electron chi connectivity index (χ4n) is 2.69. The van der Waals surface area contributed by atoms with E-state index in [-0.39, 0.29) is 12.0 Å². The first-order valence-corrected chi connectivity index (χ1v) is 8.36. The van der Waals surface area contributed by atoms with E-state index in [9.17, 15) is 13.5 Å². The highest BCUT2D eigenvalue weighted by Gasteiger charge is 2.48. The Bertz CT molecular complexity index is 545. The SMILES string of the molecule is CC(C)(C)[C@@H]1O[C@H](CO)C[C@H]1S(=O)(=O)c1ccccc1. The summed E-state index contributed by atoms with van der Waals surface area (Å²) < 4.78 is 31.3. The first kappa shape index (κ1) is 15.5. The van der Waals surface area contributed by atoms with Crippen LogP contribution in [0.5, 0.6) is 0 Å². The highest BCUT2D eigenvalue weighted by Crippen LogP contribution is 2.39. The average Bonchev–Trinajstić information content (AvgIpc) is 2.84. The van der Waals surface area contributed by atoms with E-state index in [1.165, 1.54) is 0 Å². The number of ether oxygens (including phenoxy) is 1. The maximum atomic E-state index is 12.8. The van der Waals surface area contributed by atoms with Crippen molar-refractivity contribution in [1.82, 2.24) is 0 Å². The van der Waals surface area contributed by atoms with Crippen LogP contribution < -0.4 is 0 Å². The Morgan fingerprint density at radius 3 is 2.35 bits per heavy atom. The second kappa shape index (κ2) is 5.47. The van der Waals surface area contributed by atoms with E-state index in [4.69, 9.17) is 4.74 Å². The zero-order chi connectivity index (χ0) is 15.0. The molecule has 0 amide bonds. The van der Waals surface area contributed by atoms with Gasteiger partial charge in [0.2, 0.25) is 0 Å². The molecule has 1 fully saturated rings. The van der Waals surface area contributed by atoms with Gasteiger partial charge in [0, 0.05) is 0 Å². The molecule has 1 aliphatic rings. The molecule has 0 radical (unpaired) electrons. The average molecular weight is 298 g/mol. The number of aliphatic hydroxyl groups excluding tert-OH is 1. The molecule has 1 aromatic rings. The van der Waals surface area contributed by atoms with Gasteiger partial charge in [0.05, 0.1) is 29.0 Å². The maximum Gasteiger partial charge on any atom is 0.183 e. The monoisotopic (exact) mass is 298 g/mol. The number of rotatable bonds is 3. The Labute approximate surface area is 120 Å². The summed E-state index contributed by atoms with van der Waals surface area (Å²) in [6, 6.07) is 8.46. The van der Waals surface area contributed by atoms with Crippen LogP contribution in [0.3, 0.4) is 0 Å². The van der Waals surface area contributed by atoms with Gasteiger partial charge in [-0.15, -0.1) is 0 Å². The van der Waals surface area contributed by atoms with E-state index in [0.717, 1.165) is 0 Å². The number of hydrogen-bond donors (Lipinski definition) is 1. The van der Waals surface area contributed by atoms with Crippen molar-refractivity contribution < 1.29 is 18.3 Å². The van der Waals surface area contributed by atoms with Crippen molar-refractivity contribution >= 4 is 9.84 Å². The highest BCUT2D eigenvalue weighted by atomic mass is 32.2. The fraction of sp³-hybridized carbons (Fsp3) is 0.600. The van der Waals surface area contributed by atoms with Gasteiger partial charge in [-0.25, -0.2) is 8.42 Å². The largest absolute Gasteiger partial charge is 0.394 e. The molecule has 1 aliphatic heterocycles. The third-order valence-corrected chi connectivity index (χ3v) is 5.87. The predicted molar refractivity (Wildman–Crippen MR) is 77.2 cm³/mol. The van der Waals surface area contributed by atoms with Crippen LogP contribution in [0.4, 0.5) is 0 Å². The molecule has 112 valence electrons. The molecule has 1 N–H and O–H groups in total. The maximum absolute atomic E-state index is 12.8. The lowest BCUT2D eigenvalue weighted by atomic mass is 9.87. The Hall–Kier alpha value is -0.910. The molecule has 1 saturated heterocycles. The molecule has 0 aromatic heterocycles. The van der Waals surface area contributed by atoms with E-state index in [2.05, 4.69) is 0 Å². The van der Waals surface area contributed by atoms with E-state index in [0.29, 0.717) is 11.3 Å². The van der Waals surface area contributed by atoms with Crippen LogP contribution in [-0.2, 0) is 14.6 Å². The van der Waals surface area contributed by atoms with Crippen LogP contribution >= 0.6 is 0 Å². The van der Waals surface area contributed by atoms with Gasteiger partial charge >= 0.3 is 0 Å². The van der Waals surface area contributed by atoms with Gasteiger partial charge in [-0.2, -0.15) is 0 Å². The van der Waals surface area contributed by atoms with Crippen molar-refractivity contribution in [2.75, 3.05) is 6.61 Å². The molecule has 5 heteroatoms. The molecule has 1 aromatic carbocycles. The van der Waals surface area contributed by atoms with Crippen molar-refractivity contribution in [3.05, 3.63) is 30.3 Å². The van der Waals surface area contributed by atoms with Gasteiger partial charge in [0.25, 0.3) is 0 Å². The molecule has 0 spiro atoms. The smallest absolute Gasteiger partial charge is 0.183 e. The third kappa shape index (κ3) is 2.90. The lowest BCUT2D eigenvalue weighted by molar-refractivity contribution is -0.0344. The second-order valence-corrected chi connectivity index (χ2v) is 8.53. The van der Waals surface area contributed by atoms with Crippen LogP contribution in [0.25, 0.3) is 0 Å². The van der Waals surface area contributed by atoms with Gasteiger partial charge in [0.1, 0.15) is 0 Å². The van der Waals surface area contributed by atoms with E-state index in [1.807, 2.05) is 20.8 Å². The molecule has 0 unspecified atom stereocenters. The zero-order valence-corrected chi connectivity index (χ0v) is 12.9. The standard InChI is InChI=1S/C15H22O4S/c1-15(2,3)14-13(9-11(10-16)19-14)20(17,18)12-7-5-4-6-8-12/h4-8,11,13-14,16H,9-10H2,1-3H3/t11-,13+,14+/m0/s1. The van der Waals surface area contributed by atoms with Crippen LogP contribution in [0, 0.1) is 5.41 Å². The Kier molecular flexibility index (Phi) is 4.23. The van der Waals surface area contributed by atoms with E-state index < -0.39 is 27.3 Å². The van der Waals surface area contributed by atoms with Gasteiger partial charge in [0.15, 0.2) is 9.84 Å². The summed E-state index contributed by atoms with van der Waals surface area (Å²) in [5.74, 6) is 0. The van der Waals surface area contributed by atoms with Crippen LogP contribution in [-0.4, -0.2) is 37.6 Å². The summed E-state index contributed by atoms with van der Waals surface area (Å²) in [5, 5.41) is 8.67. The Balaban J connectivity index is 2.39. The van der Waals surface area contributed by atoms with Crippen molar-refractivity contribution in [2.45, 2.75) is 49.5 Å². The second-order valence-electron chi connectivity index (χ2n) is 6.36. The van der Waals surface area contributed by atoms with Crippen LogP contribution in [0.15, 0.2) is 35.2 Å². The Morgan fingerprint density at radius 2 is 1.85 bits per heavy atom. The summed E-state index contributed by atoms with van der Waals surface area (Å²) in [5.41, 5.74) is -0.295. The first-order valence-electron chi connectivity index (χ1n) is 6.82. The molecular weight excluding hydrogens is 276 g/mol. The first-order chi connectivity index (χ1) is 9.26. The molecular formula is C15H22O4S. The van der Waals surface area contributed by atoms with E-state index >= 15 is 0 Å². The quantitative estimate of drug-likeness (QED) is 0.927. The van der Waals surface area contributed by atoms with Crippen molar-refractivity contribution in [3.63, 3.8) is 0 Å². The summed E-state index contributed by atoms with van der Waals surface area (Å²) >= 11 is 0. The molecule has 1 heterocycles. The van der Waals surface area contributed by atoms with Gasteiger partial charge in [-0.3, -0.25) is 0 Å². The minimum absolute atomic E-state index is 0.145. The van der Waals surface area contributed by atoms with Crippen molar-refractivity contribution in [1.29, 1.82) is 0 Å². The molecule has 0 aliphatic carbocycles. The number of benzene rings is 1. The molecule has 3 atom stereocenters. The molecule has 2 rings (SSSR count). The summed E-state index contributed by atoms with van der Waals surface area (Å²) in [7, 11) is -3.45. The number of hydrogen-bond acceptors (Lipinski definition) is 4. The van der Waals surface area contributed by atoms with Crippen molar-refractivity contribution in [3.8, 4) is 0 Å². The van der Waals surface area contributed by atoms with Crippen molar-refractivity contribution in [2.24, 2.45) is 5.41 Å². The lowest BCUT2D eigenvalue weighted by Gasteiger charge is -2.31. The van der Waals surface area contributed by atoms with Crippen LogP contribution in [0.2, 0.25) is 0 Å². The zero-order valence-electron chi connectivity index (χ0n) is 12.1. The van der Waals surface area contributed by atoms with Gasteiger partial charge in [-0.1, -0.05) is 39.0 Å². The number of sulfone groups is 1. The fourth-order valence-corrected chi connectivity index (χ4v) is 4.84. The molecule has 0 saturated carbocycles. The molecule has 20 heavy (non-hydrogen) atoms.